The lowest BCUT2D eigenvalue weighted by Gasteiger charge is -2.10. The summed E-state index contributed by atoms with van der Waals surface area (Å²) in [6.45, 7) is 2.00. The molecule has 0 aliphatic carbocycles. The summed E-state index contributed by atoms with van der Waals surface area (Å²) in [5, 5.41) is 0. The van der Waals surface area contributed by atoms with Gasteiger partial charge in [0, 0.05) is 6.42 Å². The van der Waals surface area contributed by atoms with Gasteiger partial charge in [0.25, 0.3) is 0 Å². The Bertz CT molecular complexity index is 552. The zero-order valence-electron chi connectivity index (χ0n) is 11.7. The molecule has 104 valence electrons. The molecule has 0 heterocycles. The van der Waals surface area contributed by atoms with E-state index in [0.29, 0.717) is 6.42 Å². The summed E-state index contributed by atoms with van der Waals surface area (Å²) in [4.78, 5) is 11.7. The van der Waals surface area contributed by atoms with Gasteiger partial charge in [0.15, 0.2) is 0 Å². The number of carbonyl (C=O) groups excluding carboxylic acids is 1. The SMILES string of the molecule is Cc1ccccc1NNC(=O)CCCc1ccccc1. The van der Waals surface area contributed by atoms with E-state index in [1.54, 1.807) is 0 Å². The van der Waals surface area contributed by atoms with E-state index in [0.717, 1.165) is 24.1 Å². The van der Waals surface area contributed by atoms with E-state index in [4.69, 9.17) is 0 Å². The van der Waals surface area contributed by atoms with Crippen molar-refractivity contribution >= 4 is 11.6 Å². The fourth-order valence-electron chi connectivity index (χ4n) is 2.01. The van der Waals surface area contributed by atoms with Gasteiger partial charge in [-0.2, -0.15) is 0 Å². The second-order valence-electron chi connectivity index (χ2n) is 4.83. The molecule has 0 bridgehead atoms. The van der Waals surface area contributed by atoms with Crippen LogP contribution >= 0.6 is 0 Å². The van der Waals surface area contributed by atoms with Gasteiger partial charge >= 0.3 is 0 Å². The molecule has 0 spiro atoms. The van der Waals surface area contributed by atoms with Gasteiger partial charge in [-0.05, 0) is 37.0 Å². The zero-order valence-corrected chi connectivity index (χ0v) is 11.7. The highest BCUT2D eigenvalue weighted by Gasteiger charge is 2.02. The Morgan fingerprint density at radius 2 is 1.70 bits per heavy atom. The van der Waals surface area contributed by atoms with Gasteiger partial charge in [0.2, 0.25) is 5.91 Å². The van der Waals surface area contributed by atoms with Crippen molar-refractivity contribution in [2.45, 2.75) is 26.2 Å². The quantitative estimate of drug-likeness (QED) is 0.788. The van der Waals surface area contributed by atoms with Gasteiger partial charge < -0.3 is 0 Å². The lowest BCUT2D eigenvalue weighted by molar-refractivity contribution is -0.120. The van der Waals surface area contributed by atoms with E-state index in [1.807, 2.05) is 49.4 Å². The Hall–Kier alpha value is -2.29. The molecule has 3 nitrogen and oxygen atoms in total. The van der Waals surface area contributed by atoms with Crippen LogP contribution in [0.1, 0.15) is 24.0 Å². The van der Waals surface area contributed by atoms with Crippen LogP contribution in [0.4, 0.5) is 5.69 Å². The van der Waals surface area contributed by atoms with Crippen LogP contribution in [0, 0.1) is 6.92 Å². The van der Waals surface area contributed by atoms with Crippen LogP contribution in [0.5, 0.6) is 0 Å². The second kappa shape index (κ2) is 7.34. The third-order valence-corrected chi connectivity index (χ3v) is 3.19. The number of carbonyl (C=O) groups is 1. The highest BCUT2D eigenvalue weighted by Crippen LogP contribution is 2.11. The molecule has 0 aliphatic heterocycles. The molecule has 2 rings (SSSR count). The molecule has 0 fully saturated rings. The number of benzene rings is 2. The molecule has 2 N–H and O–H groups in total. The summed E-state index contributed by atoms with van der Waals surface area (Å²) in [6.07, 6.45) is 2.30. The standard InChI is InChI=1S/C17H20N2O/c1-14-8-5-6-12-16(14)18-19-17(20)13-7-11-15-9-3-2-4-10-15/h2-6,8-10,12,18H,7,11,13H2,1H3,(H,19,20). The molecule has 3 heteroatoms. The first-order chi connectivity index (χ1) is 9.75. The summed E-state index contributed by atoms with van der Waals surface area (Å²) in [5.41, 5.74) is 9.01. The maximum Gasteiger partial charge on any atom is 0.238 e. The Labute approximate surface area is 120 Å². The average Bonchev–Trinajstić information content (AvgIpc) is 2.47. The van der Waals surface area contributed by atoms with Crippen molar-refractivity contribution in [3.05, 3.63) is 65.7 Å². The zero-order chi connectivity index (χ0) is 14.2. The smallest absolute Gasteiger partial charge is 0.238 e. The van der Waals surface area contributed by atoms with E-state index >= 15 is 0 Å². The second-order valence-corrected chi connectivity index (χ2v) is 4.83. The van der Waals surface area contributed by atoms with Gasteiger partial charge in [-0.1, -0.05) is 48.5 Å². The fourth-order valence-corrected chi connectivity index (χ4v) is 2.01. The molecule has 0 atom stereocenters. The van der Waals surface area contributed by atoms with Gasteiger partial charge in [0.1, 0.15) is 0 Å². The van der Waals surface area contributed by atoms with Gasteiger partial charge in [0.05, 0.1) is 5.69 Å². The maximum atomic E-state index is 11.7. The van der Waals surface area contributed by atoms with Crippen molar-refractivity contribution < 1.29 is 4.79 Å². The monoisotopic (exact) mass is 268 g/mol. The summed E-state index contributed by atoms with van der Waals surface area (Å²) in [6, 6.07) is 18.1. The van der Waals surface area contributed by atoms with Crippen LogP contribution in [0.2, 0.25) is 0 Å². The van der Waals surface area contributed by atoms with Crippen LogP contribution in [0.25, 0.3) is 0 Å². The predicted octanol–water partition coefficient (Wildman–Crippen LogP) is 3.46. The van der Waals surface area contributed by atoms with Crippen LogP contribution in [-0.2, 0) is 11.2 Å². The van der Waals surface area contributed by atoms with E-state index in [-0.39, 0.29) is 5.91 Å². The number of para-hydroxylation sites is 1. The molecule has 0 unspecified atom stereocenters. The van der Waals surface area contributed by atoms with Crippen LogP contribution in [0.15, 0.2) is 54.6 Å². The molecule has 2 aromatic carbocycles. The topological polar surface area (TPSA) is 41.1 Å². The van der Waals surface area contributed by atoms with Crippen LogP contribution in [-0.4, -0.2) is 5.91 Å². The number of hydrazine groups is 1. The predicted molar refractivity (Wildman–Crippen MR) is 82.3 cm³/mol. The molecule has 2 aromatic rings. The van der Waals surface area contributed by atoms with Crippen molar-refractivity contribution in [2.24, 2.45) is 0 Å². The molecule has 0 saturated carbocycles. The first kappa shape index (κ1) is 14.1. The fraction of sp³-hybridized carbons (Fsp3) is 0.235. The van der Waals surface area contributed by atoms with Gasteiger partial charge in [-0.3, -0.25) is 15.6 Å². The molecular formula is C17H20N2O. The normalized spacial score (nSPS) is 10.1. The van der Waals surface area contributed by atoms with Gasteiger partial charge in [-0.25, -0.2) is 0 Å². The Morgan fingerprint density at radius 1 is 1.00 bits per heavy atom. The number of hydrogen-bond acceptors (Lipinski definition) is 2. The molecule has 1 amide bonds. The minimum atomic E-state index is 0.0178. The maximum absolute atomic E-state index is 11.7. The van der Waals surface area contributed by atoms with E-state index < -0.39 is 0 Å². The summed E-state index contributed by atoms with van der Waals surface area (Å²) < 4.78 is 0. The average molecular weight is 268 g/mol. The Kier molecular flexibility index (Phi) is 5.18. The molecule has 20 heavy (non-hydrogen) atoms. The van der Waals surface area contributed by atoms with Crippen LogP contribution < -0.4 is 10.9 Å². The lowest BCUT2D eigenvalue weighted by atomic mass is 10.1. The molecular weight excluding hydrogens is 248 g/mol. The number of amides is 1. The van der Waals surface area contributed by atoms with Crippen molar-refractivity contribution in [3.63, 3.8) is 0 Å². The highest BCUT2D eigenvalue weighted by atomic mass is 16.2. The van der Waals surface area contributed by atoms with E-state index in [1.165, 1.54) is 5.56 Å². The third-order valence-electron chi connectivity index (χ3n) is 3.19. The van der Waals surface area contributed by atoms with Crippen LogP contribution in [0.3, 0.4) is 0 Å². The number of aryl methyl sites for hydroxylation is 2. The minimum Gasteiger partial charge on any atom is -0.298 e. The molecule has 0 aliphatic rings. The number of nitrogens with one attached hydrogen (secondary N) is 2. The number of rotatable bonds is 6. The minimum absolute atomic E-state index is 0.0178. The summed E-state index contributed by atoms with van der Waals surface area (Å²) in [7, 11) is 0. The summed E-state index contributed by atoms with van der Waals surface area (Å²) in [5.74, 6) is 0.0178. The number of hydrogen-bond donors (Lipinski definition) is 2. The van der Waals surface area contributed by atoms with E-state index in [2.05, 4.69) is 23.0 Å². The molecule has 0 saturated heterocycles. The van der Waals surface area contributed by atoms with Crippen molar-refractivity contribution in [1.29, 1.82) is 0 Å². The largest absolute Gasteiger partial charge is 0.298 e. The van der Waals surface area contributed by atoms with Crippen molar-refractivity contribution in [1.82, 2.24) is 5.43 Å². The highest BCUT2D eigenvalue weighted by molar-refractivity contribution is 5.77. The van der Waals surface area contributed by atoms with Crippen molar-refractivity contribution in [3.8, 4) is 0 Å². The third kappa shape index (κ3) is 4.43. The molecule has 0 aromatic heterocycles. The Morgan fingerprint density at radius 3 is 2.45 bits per heavy atom. The summed E-state index contributed by atoms with van der Waals surface area (Å²) >= 11 is 0. The van der Waals surface area contributed by atoms with Crippen molar-refractivity contribution in [2.75, 3.05) is 5.43 Å². The first-order valence-corrected chi connectivity index (χ1v) is 6.90. The van der Waals surface area contributed by atoms with E-state index in [9.17, 15) is 4.79 Å². The number of anilines is 1. The Balaban J connectivity index is 1.70. The molecule has 0 radical (unpaired) electrons. The first-order valence-electron chi connectivity index (χ1n) is 6.90. The van der Waals surface area contributed by atoms with Gasteiger partial charge in [-0.15, -0.1) is 0 Å². The lowest BCUT2D eigenvalue weighted by Crippen LogP contribution is -2.29.